The van der Waals surface area contributed by atoms with Gasteiger partial charge < -0.3 is 9.80 Å². The Morgan fingerprint density at radius 1 is 1.19 bits per heavy atom. The fraction of sp³-hybridized carbons (Fsp3) is 0.476. The predicted molar refractivity (Wildman–Crippen MR) is 122 cm³/mol. The van der Waals surface area contributed by atoms with Crippen LogP contribution in [0.2, 0.25) is 10.0 Å². The molecule has 4 rings (SSSR count). The normalized spacial score (nSPS) is 18.8. The zero-order valence-corrected chi connectivity index (χ0v) is 19.5. The van der Waals surface area contributed by atoms with E-state index >= 15 is 4.39 Å². The molecule has 2 saturated heterocycles. The molecule has 3 heterocycles. The molecule has 0 saturated carbocycles. The standard InChI is InChI=1S/C21H25Cl2FN4O2S/c1-27-8-5-14(6-9-27)10-15-12-28(13-15)17-11-16(22)21(20(24)19(17)23)31(29,30)26-18-4-2-3-7-25-18/h2-4,7,11,14-15H,5-6,8-10,12-13H2,1H3,(H,25,26). The van der Waals surface area contributed by atoms with Crippen LogP contribution in [0.3, 0.4) is 0 Å². The second-order valence-corrected chi connectivity index (χ2v) is 10.8. The van der Waals surface area contributed by atoms with Crippen LogP contribution in [0.5, 0.6) is 0 Å². The van der Waals surface area contributed by atoms with Crippen LogP contribution in [0.25, 0.3) is 0 Å². The van der Waals surface area contributed by atoms with Crippen molar-refractivity contribution in [2.75, 3.05) is 42.8 Å². The molecule has 0 radical (unpaired) electrons. The minimum Gasteiger partial charge on any atom is -0.370 e. The number of piperidine rings is 1. The maximum absolute atomic E-state index is 15.1. The first kappa shape index (κ1) is 22.6. The first-order valence-corrected chi connectivity index (χ1v) is 12.5. The lowest BCUT2D eigenvalue weighted by molar-refractivity contribution is 0.186. The van der Waals surface area contributed by atoms with Crippen LogP contribution in [-0.4, -0.2) is 51.5 Å². The van der Waals surface area contributed by atoms with Gasteiger partial charge in [0.2, 0.25) is 0 Å². The van der Waals surface area contributed by atoms with Gasteiger partial charge in [-0.15, -0.1) is 0 Å². The monoisotopic (exact) mass is 486 g/mol. The number of rotatable bonds is 6. The molecule has 168 valence electrons. The summed E-state index contributed by atoms with van der Waals surface area (Å²) >= 11 is 12.5. The molecule has 0 atom stereocenters. The fourth-order valence-electron chi connectivity index (χ4n) is 4.34. The summed E-state index contributed by atoms with van der Waals surface area (Å²) in [7, 11) is -2.14. The number of aromatic nitrogens is 1. The van der Waals surface area contributed by atoms with Crippen molar-refractivity contribution >= 4 is 44.7 Å². The van der Waals surface area contributed by atoms with E-state index in [4.69, 9.17) is 23.2 Å². The van der Waals surface area contributed by atoms with E-state index in [2.05, 4.69) is 21.7 Å². The molecule has 2 aromatic rings. The number of benzene rings is 1. The Bertz CT molecular complexity index is 1040. The molecule has 31 heavy (non-hydrogen) atoms. The molecule has 1 N–H and O–H groups in total. The summed E-state index contributed by atoms with van der Waals surface area (Å²) in [6, 6.07) is 6.16. The second-order valence-electron chi connectivity index (χ2n) is 8.41. The number of hydrogen-bond acceptors (Lipinski definition) is 5. The van der Waals surface area contributed by atoms with E-state index in [-0.39, 0.29) is 15.9 Å². The number of sulfonamides is 1. The van der Waals surface area contributed by atoms with E-state index in [0.717, 1.165) is 38.5 Å². The Morgan fingerprint density at radius 3 is 2.55 bits per heavy atom. The highest BCUT2D eigenvalue weighted by atomic mass is 35.5. The van der Waals surface area contributed by atoms with Crippen LogP contribution in [0.15, 0.2) is 35.4 Å². The second kappa shape index (κ2) is 9.10. The average Bonchev–Trinajstić information content (AvgIpc) is 2.69. The molecule has 0 bridgehead atoms. The number of likely N-dealkylation sites (tertiary alicyclic amines) is 1. The summed E-state index contributed by atoms with van der Waals surface area (Å²) in [6.45, 7) is 3.80. The van der Waals surface area contributed by atoms with Gasteiger partial charge in [0.25, 0.3) is 10.0 Å². The topological polar surface area (TPSA) is 65.5 Å². The van der Waals surface area contributed by atoms with Crippen molar-refractivity contribution in [3.8, 4) is 0 Å². The number of halogens is 3. The summed E-state index contributed by atoms with van der Waals surface area (Å²) in [5, 5.41) is -0.442. The number of anilines is 2. The van der Waals surface area contributed by atoms with Gasteiger partial charge in [0.15, 0.2) is 5.82 Å². The van der Waals surface area contributed by atoms with Crippen LogP contribution in [-0.2, 0) is 10.0 Å². The first-order chi connectivity index (χ1) is 14.7. The van der Waals surface area contributed by atoms with Crippen LogP contribution in [0.1, 0.15) is 19.3 Å². The molecule has 2 aliphatic heterocycles. The molecule has 6 nitrogen and oxygen atoms in total. The molecule has 1 aromatic heterocycles. The third-order valence-corrected chi connectivity index (χ3v) is 8.26. The Morgan fingerprint density at radius 2 is 1.90 bits per heavy atom. The molecule has 0 unspecified atom stereocenters. The maximum atomic E-state index is 15.1. The smallest absolute Gasteiger partial charge is 0.267 e. The third kappa shape index (κ3) is 4.92. The van der Waals surface area contributed by atoms with Gasteiger partial charge in [-0.1, -0.05) is 29.3 Å². The van der Waals surface area contributed by atoms with E-state index in [1.807, 2.05) is 4.90 Å². The van der Waals surface area contributed by atoms with Crippen LogP contribution in [0.4, 0.5) is 15.9 Å². The minimum atomic E-state index is -4.29. The van der Waals surface area contributed by atoms with Gasteiger partial charge in [-0.05, 0) is 69.4 Å². The molecular formula is C21H25Cl2FN4O2S. The van der Waals surface area contributed by atoms with E-state index < -0.39 is 20.7 Å². The lowest BCUT2D eigenvalue weighted by atomic mass is 9.83. The van der Waals surface area contributed by atoms with E-state index in [0.29, 0.717) is 11.6 Å². The largest absolute Gasteiger partial charge is 0.370 e. The lowest BCUT2D eigenvalue weighted by Gasteiger charge is -2.44. The van der Waals surface area contributed by atoms with Crippen molar-refractivity contribution in [2.24, 2.45) is 11.8 Å². The highest BCUT2D eigenvalue weighted by Crippen LogP contribution is 2.41. The molecule has 0 aliphatic carbocycles. The van der Waals surface area contributed by atoms with Crippen molar-refractivity contribution in [1.82, 2.24) is 9.88 Å². The summed E-state index contributed by atoms with van der Waals surface area (Å²) < 4.78 is 42.7. The van der Waals surface area contributed by atoms with Crippen LogP contribution in [0, 0.1) is 17.7 Å². The van der Waals surface area contributed by atoms with Gasteiger partial charge >= 0.3 is 0 Å². The Kier molecular flexibility index (Phi) is 6.62. The SMILES string of the molecule is CN1CCC(CC2CN(c3cc(Cl)c(S(=O)(=O)Nc4ccccn4)c(F)c3Cl)C2)CC1. The molecule has 2 fully saturated rings. The zero-order valence-electron chi connectivity index (χ0n) is 17.2. The van der Waals surface area contributed by atoms with Gasteiger partial charge in [0.1, 0.15) is 15.7 Å². The Labute approximate surface area is 192 Å². The lowest BCUT2D eigenvalue weighted by Crippen LogP contribution is -2.48. The van der Waals surface area contributed by atoms with Gasteiger partial charge in [0, 0.05) is 19.3 Å². The van der Waals surface area contributed by atoms with Crippen molar-refractivity contribution in [3.05, 3.63) is 46.3 Å². The summed E-state index contributed by atoms with van der Waals surface area (Å²) in [5.41, 5.74) is 0.431. The first-order valence-electron chi connectivity index (χ1n) is 10.3. The number of nitrogens with zero attached hydrogens (tertiary/aromatic N) is 3. The van der Waals surface area contributed by atoms with E-state index in [1.54, 1.807) is 12.1 Å². The Balaban J connectivity index is 1.46. The van der Waals surface area contributed by atoms with Gasteiger partial charge in [-0.2, -0.15) is 0 Å². The number of nitrogens with one attached hydrogen (secondary N) is 1. The van der Waals surface area contributed by atoms with Gasteiger partial charge in [-0.25, -0.2) is 17.8 Å². The molecule has 1 aromatic carbocycles. The number of hydrogen-bond donors (Lipinski definition) is 1. The van der Waals surface area contributed by atoms with Crippen LogP contribution >= 0.6 is 23.2 Å². The maximum Gasteiger partial charge on any atom is 0.267 e. The molecule has 0 spiro atoms. The fourth-order valence-corrected chi connectivity index (χ4v) is 6.31. The van der Waals surface area contributed by atoms with E-state index in [9.17, 15) is 8.42 Å². The highest BCUT2D eigenvalue weighted by Gasteiger charge is 2.34. The average molecular weight is 487 g/mol. The predicted octanol–water partition coefficient (Wildman–Crippen LogP) is 4.50. The highest BCUT2D eigenvalue weighted by molar-refractivity contribution is 7.92. The van der Waals surface area contributed by atoms with Crippen molar-refractivity contribution < 1.29 is 12.8 Å². The summed E-state index contributed by atoms with van der Waals surface area (Å²) in [4.78, 5) is 7.54. The third-order valence-electron chi connectivity index (χ3n) is 6.07. The van der Waals surface area contributed by atoms with Gasteiger partial charge in [-0.3, -0.25) is 4.72 Å². The molecular weight excluding hydrogens is 462 g/mol. The molecule has 0 amide bonds. The zero-order chi connectivity index (χ0) is 22.2. The Hall–Kier alpha value is -1.61. The van der Waals surface area contributed by atoms with Gasteiger partial charge in [0.05, 0.1) is 10.7 Å². The quantitative estimate of drug-likeness (QED) is 0.609. The van der Waals surface area contributed by atoms with Crippen molar-refractivity contribution in [3.63, 3.8) is 0 Å². The van der Waals surface area contributed by atoms with Crippen molar-refractivity contribution in [2.45, 2.75) is 24.2 Å². The van der Waals surface area contributed by atoms with Crippen molar-refractivity contribution in [1.29, 1.82) is 0 Å². The summed E-state index contributed by atoms with van der Waals surface area (Å²) in [5.74, 6) is 0.272. The minimum absolute atomic E-state index is 0.0673. The number of pyridine rings is 1. The van der Waals surface area contributed by atoms with Crippen LogP contribution < -0.4 is 9.62 Å². The molecule has 10 heteroatoms. The summed E-state index contributed by atoms with van der Waals surface area (Å²) in [6.07, 6.45) is 5.00. The molecule has 2 aliphatic rings. The van der Waals surface area contributed by atoms with E-state index in [1.165, 1.54) is 31.2 Å².